The van der Waals surface area contributed by atoms with Crippen LogP contribution in [0.5, 0.6) is 11.5 Å². The lowest BCUT2D eigenvalue weighted by molar-refractivity contribution is -0.384. The molecule has 0 N–H and O–H groups in total. The highest BCUT2D eigenvalue weighted by Gasteiger charge is 2.22. The molecule has 3 aromatic carbocycles. The maximum absolute atomic E-state index is 13.2. The smallest absolute Gasteiger partial charge is 0.349 e. The fraction of sp³-hybridized carbons (Fsp3) is 0.0435. The Labute approximate surface area is 196 Å². The van der Waals surface area contributed by atoms with E-state index < -0.39 is 22.9 Å². The molecular formula is C23H13Cl2NO7. The number of fused-ring (bicyclic) bond motifs is 1. The molecule has 0 spiro atoms. The van der Waals surface area contributed by atoms with E-state index in [1.54, 1.807) is 30.3 Å². The van der Waals surface area contributed by atoms with Gasteiger partial charge in [0.2, 0.25) is 11.2 Å². The van der Waals surface area contributed by atoms with E-state index in [1.165, 1.54) is 36.4 Å². The van der Waals surface area contributed by atoms with E-state index >= 15 is 0 Å². The second-order valence-corrected chi connectivity index (χ2v) is 7.57. The van der Waals surface area contributed by atoms with Gasteiger partial charge in [0.15, 0.2) is 12.4 Å². The lowest BCUT2D eigenvalue weighted by atomic mass is 10.1. The van der Waals surface area contributed by atoms with Crippen LogP contribution in [0, 0.1) is 10.1 Å². The molecule has 33 heavy (non-hydrogen) atoms. The first-order valence-electron chi connectivity index (χ1n) is 9.42. The summed E-state index contributed by atoms with van der Waals surface area (Å²) >= 11 is 12.3. The first kappa shape index (κ1) is 22.3. The number of nitro benzene ring substituents is 1. The summed E-state index contributed by atoms with van der Waals surface area (Å²) in [6.07, 6.45) is 0. The molecule has 0 unspecified atom stereocenters. The van der Waals surface area contributed by atoms with Crippen LogP contribution in [0.1, 0.15) is 0 Å². The Morgan fingerprint density at radius 1 is 1.03 bits per heavy atom. The summed E-state index contributed by atoms with van der Waals surface area (Å²) in [6, 6.07) is 16.3. The van der Waals surface area contributed by atoms with E-state index in [-0.39, 0.29) is 38.9 Å². The molecule has 0 fully saturated rings. The van der Waals surface area contributed by atoms with Crippen molar-refractivity contribution in [3.05, 3.63) is 97.1 Å². The van der Waals surface area contributed by atoms with Gasteiger partial charge in [-0.05, 0) is 42.5 Å². The van der Waals surface area contributed by atoms with Crippen LogP contribution in [0.2, 0.25) is 10.0 Å². The van der Waals surface area contributed by atoms with Gasteiger partial charge in [0.1, 0.15) is 11.3 Å². The Bertz CT molecular complexity index is 1430. The minimum absolute atomic E-state index is 0.0240. The topological polar surface area (TPSA) is 109 Å². The van der Waals surface area contributed by atoms with Crippen LogP contribution < -0.4 is 14.9 Å². The summed E-state index contributed by atoms with van der Waals surface area (Å²) in [5.74, 6) is -1.07. The van der Waals surface area contributed by atoms with Crippen molar-refractivity contribution in [2.45, 2.75) is 0 Å². The average Bonchev–Trinajstić information content (AvgIpc) is 2.80. The molecule has 0 saturated carbocycles. The number of hydrogen-bond acceptors (Lipinski definition) is 7. The number of halogens is 2. The van der Waals surface area contributed by atoms with Gasteiger partial charge in [0.05, 0.1) is 15.3 Å². The van der Waals surface area contributed by atoms with Gasteiger partial charge < -0.3 is 13.9 Å². The molecule has 8 nitrogen and oxygen atoms in total. The van der Waals surface area contributed by atoms with Gasteiger partial charge in [0.25, 0.3) is 5.69 Å². The molecule has 0 bridgehead atoms. The van der Waals surface area contributed by atoms with Gasteiger partial charge in [-0.15, -0.1) is 0 Å². The molecule has 0 amide bonds. The molecule has 0 aliphatic heterocycles. The maximum atomic E-state index is 13.2. The quantitative estimate of drug-likeness (QED) is 0.197. The van der Waals surface area contributed by atoms with Crippen molar-refractivity contribution in [3.63, 3.8) is 0 Å². The summed E-state index contributed by atoms with van der Waals surface area (Å²) in [7, 11) is 0. The molecule has 0 aliphatic rings. The first-order valence-corrected chi connectivity index (χ1v) is 10.2. The predicted molar refractivity (Wildman–Crippen MR) is 122 cm³/mol. The van der Waals surface area contributed by atoms with Crippen molar-refractivity contribution in [1.29, 1.82) is 0 Å². The number of rotatable bonds is 6. The van der Waals surface area contributed by atoms with Crippen molar-refractivity contribution in [2.24, 2.45) is 0 Å². The molecule has 4 rings (SSSR count). The molecule has 0 atom stereocenters. The Balaban J connectivity index is 1.67. The zero-order valence-electron chi connectivity index (χ0n) is 16.6. The van der Waals surface area contributed by atoms with Gasteiger partial charge in [-0.1, -0.05) is 35.3 Å². The normalized spacial score (nSPS) is 10.7. The SMILES string of the molecule is O=C(COc1ccc([N+](=O)[O-])cc1)Oc1c(-c2ccccc2Cl)oc2ccc(Cl)cc2c1=O. The number of nitrogens with zero attached hydrogens (tertiary/aromatic N) is 1. The van der Waals surface area contributed by atoms with Gasteiger partial charge in [-0.3, -0.25) is 14.9 Å². The van der Waals surface area contributed by atoms with Crippen LogP contribution in [0.25, 0.3) is 22.3 Å². The van der Waals surface area contributed by atoms with Crippen molar-refractivity contribution in [3.8, 4) is 22.8 Å². The molecule has 166 valence electrons. The number of carbonyl (C=O) groups is 1. The lowest BCUT2D eigenvalue weighted by Gasteiger charge is -2.12. The van der Waals surface area contributed by atoms with Gasteiger partial charge >= 0.3 is 5.97 Å². The van der Waals surface area contributed by atoms with Crippen molar-refractivity contribution in [2.75, 3.05) is 6.61 Å². The zero-order valence-corrected chi connectivity index (χ0v) is 18.1. The van der Waals surface area contributed by atoms with E-state index in [4.69, 9.17) is 37.1 Å². The molecule has 1 heterocycles. The lowest BCUT2D eigenvalue weighted by Crippen LogP contribution is -2.21. The standard InChI is InChI=1S/C23H13Cl2NO7/c24-13-5-10-19-17(11-13)21(28)23(22(32-19)16-3-1-2-4-18(16)25)33-20(27)12-31-15-8-6-14(7-9-15)26(29)30/h1-11H,12H2. The number of esters is 1. The number of ether oxygens (including phenoxy) is 2. The second-order valence-electron chi connectivity index (χ2n) is 6.72. The van der Waals surface area contributed by atoms with E-state index in [0.717, 1.165) is 0 Å². The zero-order chi connectivity index (χ0) is 23.5. The first-order chi connectivity index (χ1) is 15.8. The minimum Gasteiger partial charge on any atom is -0.482 e. The maximum Gasteiger partial charge on any atom is 0.349 e. The summed E-state index contributed by atoms with van der Waals surface area (Å²) in [6.45, 7) is -0.563. The number of benzene rings is 3. The third-order valence-electron chi connectivity index (χ3n) is 4.55. The Hall–Kier alpha value is -3.88. The van der Waals surface area contributed by atoms with Crippen molar-refractivity contribution < 1.29 is 23.6 Å². The van der Waals surface area contributed by atoms with Crippen LogP contribution >= 0.6 is 23.2 Å². The van der Waals surface area contributed by atoms with Gasteiger partial charge in [-0.2, -0.15) is 0 Å². The number of carbonyl (C=O) groups excluding carboxylic acids is 1. The molecule has 0 radical (unpaired) electrons. The monoisotopic (exact) mass is 485 g/mol. The number of hydrogen-bond donors (Lipinski definition) is 0. The van der Waals surface area contributed by atoms with E-state index in [0.29, 0.717) is 10.6 Å². The molecule has 10 heteroatoms. The van der Waals surface area contributed by atoms with Crippen molar-refractivity contribution in [1.82, 2.24) is 0 Å². The molecule has 4 aromatic rings. The summed E-state index contributed by atoms with van der Waals surface area (Å²) < 4.78 is 16.5. The average molecular weight is 486 g/mol. The van der Waals surface area contributed by atoms with Crippen LogP contribution in [0.3, 0.4) is 0 Å². The van der Waals surface area contributed by atoms with E-state index in [1.807, 2.05) is 0 Å². The third-order valence-corrected chi connectivity index (χ3v) is 5.11. The fourth-order valence-corrected chi connectivity index (χ4v) is 3.41. The summed E-state index contributed by atoms with van der Waals surface area (Å²) in [5, 5.41) is 11.4. The van der Waals surface area contributed by atoms with Gasteiger partial charge in [0, 0.05) is 22.7 Å². The molecular weight excluding hydrogens is 473 g/mol. The van der Waals surface area contributed by atoms with Crippen LogP contribution in [-0.2, 0) is 4.79 Å². The van der Waals surface area contributed by atoms with E-state index in [9.17, 15) is 19.7 Å². The third kappa shape index (κ3) is 4.82. The Morgan fingerprint density at radius 2 is 1.76 bits per heavy atom. The molecule has 0 saturated heterocycles. The van der Waals surface area contributed by atoms with Crippen molar-refractivity contribution >= 4 is 45.8 Å². The second kappa shape index (κ2) is 9.32. The Morgan fingerprint density at radius 3 is 2.45 bits per heavy atom. The highest BCUT2D eigenvalue weighted by molar-refractivity contribution is 6.33. The summed E-state index contributed by atoms with van der Waals surface area (Å²) in [4.78, 5) is 35.8. The highest BCUT2D eigenvalue weighted by Crippen LogP contribution is 2.35. The molecule has 1 aromatic heterocycles. The predicted octanol–water partition coefficient (Wildman–Crippen LogP) is 5.66. The number of non-ortho nitro benzene ring substituents is 1. The fourth-order valence-electron chi connectivity index (χ4n) is 3.02. The van der Waals surface area contributed by atoms with Gasteiger partial charge in [-0.25, -0.2) is 4.79 Å². The molecule has 0 aliphatic carbocycles. The Kier molecular flexibility index (Phi) is 6.30. The largest absolute Gasteiger partial charge is 0.482 e. The highest BCUT2D eigenvalue weighted by atomic mass is 35.5. The van der Waals surface area contributed by atoms with Crippen LogP contribution in [0.4, 0.5) is 5.69 Å². The summed E-state index contributed by atoms with van der Waals surface area (Å²) in [5.41, 5.74) is -0.146. The minimum atomic E-state index is -0.893. The number of nitro groups is 1. The van der Waals surface area contributed by atoms with Crippen LogP contribution in [-0.4, -0.2) is 17.5 Å². The van der Waals surface area contributed by atoms with E-state index in [2.05, 4.69) is 0 Å². The van der Waals surface area contributed by atoms with Crippen LogP contribution in [0.15, 0.2) is 75.9 Å².